The highest BCUT2D eigenvalue weighted by molar-refractivity contribution is 9.10. The van der Waals surface area contributed by atoms with Gasteiger partial charge in [-0.3, -0.25) is 24.0 Å². The summed E-state index contributed by atoms with van der Waals surface area (Å²) in [6, 6.07) is 5.34. The van der Waals surface area contributed by atoms with Gasteiger partial charge in [0.2, 0.25) is 17.7 Å². The second-order valence-electron chi connectivity index (χ2n) is 13.8. The summed E-state index contributed by atoms with van der Waals surface area (Å²) < 4.78 is 6.29. The van der Waals surface area contributed by atoms with Gasteiger partial charge in [0.25, 0.3) is 11.7 Å². The number of ether oxygens (including phenoxy) is 1. The zero-order valence-corrected chi connectivity index (χ0v) is 30.8. The first-order chi connectivity index (χ1) is 21.7. The summed E-state index contributed by atoms with van der Waals surface area (Å²) in [5.74, 6) is -3.88. The third-order valence-electron chi connectivity index (χ3n) is 7.41. The van der Waals surface area contributed by atoms with Gasteiger partial charge in [-0.1, -0.05) is 69.3 Å². The lowest BCUT2D eigenvalue weighted by Crippen LogP contribution is -2.60. The number of hydrogen-bond donors (Lipinski definition) is 4. The van der Waals surface area contributed by atoms with Crippen molar-refractivity contribution in [3.05, 3.63) is 46.3 Å². The Labute approximate surface area is 290 Å². The van der Waals surface area contributed by atoms with E-state index in [-0.39, 0.29) is 24.9 Å². The number of carbonyl (C=O) groups excluding carboxylic acids is 6. The molecule has 4 N–H and O–H groups in total. The van der Waals surface area contributed by atoms with Crippen LogP contribution in [0, 0.1) is 17.3 Å². The number of nitrogens with one attached hydrogen (secondary N) is 4. The van der Waals surface area contributed by atoms with Crippen LogP contribution in [-0.2, 0) is 35.3 Å². The van der Waals surface area contributed by atoms with Crippen LogP contribution < -0.4 is 21.3 Å². The summed E-state index contributed by atoms with van der Waals surface area (Å²) in [4.78, 5) is 80.2. The Bertz CT molecular complexity index is 1320. The largest absolute Gasteiger partial charge is 0.444 e. The van der Waals surface area contributed by atoms with Gasteiger partial charge in [-0.05, 0) is 67.5 Å². The fraction of sp³-hybridized carbons (Fsp3) is 0.576. The number of hydrogen-bond acceptors (Lipinski definition) is 8. The smallest absolute Gasteiger partial charge is 0.408 e. The quantitative estimate of drug-likeness (QED) is 0.175. The van der Waals surface area contributed by atoms with Crippen molar-refractivity contribution in [2.75, 3.05) is 13.1 Å². The molecule has 260 valence electrons. The van der Waals surface area contributed by atoms with Crippen LogP contribution in [0.25, 0.3) is 0 Å². The van der Waals surface area contributed by atoms with E-state index >= 15 is 0 Å². The normalized spacial score (nSPS) is 17.7. The standard InChI is InChI=1S/C33H48BrN5O7S/c1-10-47-29(25(41)28(43)36-18-23(40)35-17-20-11-13-21(34)14-12-20)38-27(42)24-22(19(2)3)15-16-39(24)30(44)26(32(4,5)6)37-31(45)46-33(7,8)9/h10-14,19,22,24,26,29H,1,15-18H2,2-9H3,(H,35,40)(H,36,43)(H,37,45)(H,38,42)/t22-,24+,26-,29?/m1/s1. The molecule has 5 amide bonds. The number of amides is 5. The van der Waals surface area contributed by atoms with Crippen molar-refractivity contribution in [1.29, 1.82) is 0 Å². The van der Waals surface area contributed by atoms with Gasteiger partial charge in [0, 0.05) is 17.6 Å². The summed E-state index contributed by atoms with van der Waals surface area (Å²) >= 11 is 4.17. The van der Waals surface area contributed by atoms with Crippen LogP contribution in [0.1, 0.15) is 67.4 Å². The van der Waals surface area contributed by atoms with Gasteiger partial charge in [0.1, 0.15) is 23.1 Å². The van der Waals surface area contributed by atoms with Crippen molar-refractivity contribution in [2.45, 2.75) is 91.4 Å². The van der Waals surface area contributed by atoms with Gasteiger partial charge in [-0.2, -0.15) is 0 Å². The maximum Gasteiger partial charge on any atom is 0.408 e. The Hall–Kier alpha value is -3.39. The average molecular weight is 739 g/mol. The van der Waals surface area contributed by atoms with Gasteiger partial charge >= 0.3 is 6.09 Å². The van der Waals surface area contributed by atoms with Crippen molar-refractivity contribution in [3.8, 4) is 0 Å². The van der Waals surface area contributed by atoms with Gasteiger partial charge in [-0.25, -0.2) is 4.79 Å². The van der Waals surface area contributed by atoms with E-state index in [2.05, 4.69) is 43.8 Å². The second kappa shape index (κ2) is 17.1. The first-order valence-electron chi connectivity index (χ1n) is 15.4. The monoisotopic (exact) mass is 737 g/mol. The summed E-state index contributed by atoms with van der Waals surface area (Å²) in [5, 5.41) is 10.3. The molecule has 1 saturated heterocycles. The second-order valence-corrected chi connectivity index (χ2v) is 15.8. The SMILES string of the molecule is C=CSC(NC(=O)[C@@H]1[C@@H](C(C)C)CCN1C(=O)[C@@H](NC(=O)OC(C)(C)C)C(C)(C)C)C(=O)C(=O)NCC(=O)NCc1ccc(Br)cc1. The first-order valence-corrected chi connectivity index (χ1v) is 17.2. The van der Waals surface area contributed by atoms with Crippen molar-refractivity contribution in [1.82, 2.24) is 26.2 Å². The molecule has 12 nitrogen and oxygen atoms in total. The number of Topliss-reactive ketones (excluding diaryl/α,β-unsaturated/α-hetero) is 1. The molecule has 2 rings (SSSR count). The number of alkyl carbamates (subject to hydrolysis) is 1. The first kappa shape index (κ1) is 39.8. The van der Waals surface area contributed by atoms with Gasteiger partial charge < -0.3 is 30.9 Å². The molecule has 47 heavy (non-hydrogen) atoms. The highest BCUT2D eigenvalue weighted by Crippen LogP contribution is 2.34. The average Bonchev–Trinajstić information content (AvgIpc) is 3.42. The molecule has 4 atom stereocenters. The summed E-state index contributed by atoms with van der Waals surface area (Å²) in [5.41, 5.74) is -0.665. The fourth-order valence-corrected chi connectivity index (χ4v) is 5.91. The third kappa shape index (κ3) is 12.3. The van der Waals surface area contributed by atoms with Crippen molar-refractivity contribution < 1.29 is 33.5 Å². The molecule has 0 saturated carbocycles. The molecule has 0 radical (unpaired) electrons. The molecular weight excluding hydrogens is 690 g/mol. The van der Waals surface area contributed by atoms with Crippen molar-refractivity contribution in [2.24, 2.45) is 17.3 Å². The van der Waals surface area contributed by atoms with E-state index in [1.54, 1.807) is 41.5 Å². The van der Waals surface area contributed by atoms with E-state index in [4.69, 9.17) is 4.74 Å². The summed E-state index contributed by atoms with van der Waals surface area (Å²) in [6.45, 7) is 18.1. The maximum atomic E-state index is 14.0. The zero-order valence-electron chi connectivity index (χ0n) is 28.4. The Morgan fingerprint density at radius 1 is 1.02 bits per heavy atom. The highest BCUT2D eigenvalue weighted by atomic mass is 79.9. The number of halogens is 1. The molecule has 0 bridgehead atoms. The number of rotatable bonds is 13. The molecule has 1 aliphatic rings. The van der Waals surface area contributed by atoms with Crippen LogP contribution in [0.2, 0.25) is 0 Å². The Morgan fingerprint density at radius 2 is 1.64 bits per heavy atom. The van der Waals surface area contributed by atoms with E-state index < -0.39 is 70.5 Å². The van der Waals surface area contributed by atoms with Crippen LogP contribution in [0.4, 0.5) is 4.79 Å². The molecule has 0 aromatic heterocycles. The Morgan fingerprint density at radius 3 is 2.17 bits per heavy atom. The number of carbonyl (C=O) groups is 6. The van der Waals surface area contributed by atoms with Crippen molar-refractivity contribution >= 4 is 63.2 Å². The predicted octanol–water partition coefficient (Wildman–Crippen LogP) is 3.88. The van der Waals surface area contributed by atoms with E-state index in [1.165, 1.54) is 10.3 Å². The van der Waals surface area contributed by atoms with Crippen LogP contribution in [-0.4, -0.2) is 76.6 Å². The molecule has 14 heteroatoms. The van der Waals surface area contributed by atoms with E-state index in [1.807, 2.05) is 38.1 Å². The van der Waals surface area contributed by atoms with E-state index in [0.717, 1.165) is 21.8 Å². The number of thioether (sulfide) groups is 1. The predicted molar refractivity (Wildman–Crippen MR) is 185 cm³/mol. The minimum atomic E-state index is -1.35. The van der Waals surface area contributed by atoms with Gasteiger partial charge in [-0.15, -0.1) is 11.8 Å². The molecule has 1 unspecified atom stereocenters. The van der Waals surface area contributed by atoms with E-state index in [0.29, 0.717) is 6.42 Å². The number of ketones is 1. The number of benzene rings is 1. The molecule has 1 aromatic carbocycles. The van der Waals surface area contributed by atoms with Crippen molar-refractivity contribution in [3.63, 3.8) is 0 Å². The van der Waals surface area contributed by atoms with Gasteiger partial charge in [0.05, 0.1) is 6.54 Å². The molecule has 1 fully saturated rings. The zero-order chi connectivity index (χ0) is 35.7. The number of likely N-dealkylation sites (tertiary alicyclic amines) is 1. The molecule has 1 aliphatic heterocycles. The molecular formula is C33H48BrN5O7S. The van der Waals surface area contributed by atoms with Crippen LogP contribution >= 0.6 is 27.7 Å². The van der Waals surface area contributed by atoms with Gasteiger partial charge in [0.15, 0.2) is 0 Å². The molecule has 0 aliphatic carbocycles. The Balaban J connectivity index is 2.16. The lowest BCUT2D eigenvalue weighted by atomic mass is 9.85. The number of nitrogens with zero attached hydrogens (tertiary/aromatic N) is 1. The third-order valence-corrected chi connectivity index (χ3v) is 8.73. The molecule has 1 heterocycles. The maximum absolute atomic E-state index is 14.0. The van der Waals surface area contributed by atoms with E-state index in [9.17, 15) is 28.8 Å². The topological polar surface area (TPSA) is 163 Å². The van der Waals surface area contributed by atoms with Crippen LogP contribution in [0.3, 0.4) is 0 Å². The highest BCUT2D eigenvalue weighted by Gasteiger charge is 2.48. The Kier molecular flexibility index (Phi) is 14.5. The van der Waals surface area contributed by atoms with Crippen LogP contribution in [0.5, 0.6) is 0 Å². The minimum absolute atomic E-state index is 0.00381. The molecule has 1 aromatic rings. The lowest BCUT2D eigenvalue weighted by Gasteiger charge is -2.37. The summed E-state index contributed by atoms with van der Waals surface area (Å²) in [6.07, 6.45) is -0.235. The summed E-state index contributed by atoms with van der Waals surface area (Å²) in [7, 11) is 0. The fourth-order valence-electron chi connectivity index (χ4n) is 5.04. The van der Waals surface area contributed by atoms with Crippen LogP contribution in [0.15, 0.2) is 40.7 Å². The molecule has 0 spiro atoms. The minimum Gasteiger partial charge on any atom is -0.444 e. The lowest BCUT2D eigenvalue weighted by molar-refractivity contribution is -0.144.